The van der Waals surface area contributed by atoms with Gasteiger partial charge in [0.05, 0.1) is 11.4 Å². The third-order valence-corrected chi connectivity index (χ3v) is 7.86. The zero-order chi connectivity index (χ0) is 24.1. The van der Waals surface area contributed by atoms with E-state index in [9.17, 15) is 13.2 Å². The highest BCUT2D eigenvalue weighted by Gasteiger charge is 2.27. The van der Waals surface area contributed by atoms with Crippen LogP contribution in [0.3, 0.4) is 0 Å². The van der Waals surface area contributed by atoms with Gasteiger partial charge < -0.3 is 5.32 Å². The fourth-order valence-electron chi connectivity index (χ4n) is 3.65. The van der Waals surface area contributed by atoms with Crippen LogP contribution in [0.4, 0.5) is 0 Å². The molecule has 0 radical (unpaired) electrons. The van der Waals surface area contributed by atoms with Crippen LogP contribution in [-0.2, 0) is 27.9 Å². The van der Waals surface area contributed by atoms with Gasteiger partial charge in [-0.25, -0.2) is 8.42 Å². The van der Waals surface area contributed by atoms with Crippen LogP contribution < -0.4 is 5.32 Å². The fraction of sp³-hybridized carbons (Fsp3) is 0.115. The van der Waals surface area contributed by atoms with Gasteiger partial charge in [-0.2, -0.15) is 4.31 Å². The third-order valence-electron chi connectivity index (χ3n) is 5.43. The number of hydrogen-bond donors (Lipinski definition) is 1. The molecule has 0 saturated carbocycles. The minimum atomic E-state index is -3.99. The number of amides is 1. The number of carbonyl (C=O) groups excluding carboxylic acids is 1. The molecule has 1 amide bonds. The van der Waals surface area contributed by atoms with Crippen LogP contribution >= 0.6 is 23.2 Å². The van der Waals surface area contributed by atoms with E-state index in [0.29, 0.717) is 15.6 Å². The van der Waals surface area contributed by atoms with Gasteiger partial charge in [-0.1, -0.05) is 83.9 Å². The Morgan fingerprint density at radius 3 is 2.21 bits per heavy atom. The van der Waals surface area contributed by atoms with Crippen molar-refractivity contribution < 1.29 is 13.2 Å². The quantitative estimate of drug-likeness (QED) is 0.331. The molecular weight excluding hydrogens is 491 g/mol. The zero-order valence-electron chi connectivity index (χ0n) is 18.1. The molecule has 0 saturated heterocycles. The van der Waals surface area contributed by atoms with Gasteiger partial charge in [-0.3, -0.25) is 4.79 Å². The SMILES string of the molecule is O=C(CN(Cc1ccccc1Cl)S(=O)(=O)c1ccc(Cl)cc1)NCc1cccc2ccccc12. The molecule has 5 nitrogen and oxygen atoms in total. The van der Waals surface area contributed by atoms with Crippen LogP contribution in [0.15, 0.2) is 95.9 Å². The van der Waals surface area contributed by atoms with Crippen LogP contribution in [0.5, 0.6) is 0 Å². The van der Waals surface area contributed by atoms with E-state index in [4.69, 9.17) is 23.2 Å². The second-order valence-corrected chi connectivity index (χ2v) is 10.5. The topological polar surface area (TPSA) is 66.5 Å². The summed E-state index contributed by atoms with van der Waals surface area (Å²) in [5.41, 5.74) is 1.55. The van der Waals surface area contributed by atoms with Gasteiger partial charge in [0.25, 0.3) is 0 Å². The maximum absolute atomic E-state index is 13.4. The highest BCUT2D eigenvalue weighted by atomic mass is 35.5. The van der Waals surface area contributed by atoms with Gasteiger partial charge in [0.2, 0.25) is 15.9 Å². The number of nitrogens with one attached hydrogen (secondary N) is 1. The van der Waals surface area contributed by atoms with Crippen molar-refractivity contribution in [2.75, 3.05) is 6.54 Å². The predicted octanol–water partition coefficient (Wildman–Crippen LogP) is 5.65. The minimum absolute atomic E-state index is 0.0470. The monoisotopic (exact) mass is 512 g/mol. The average molecular weight is 513 g/mol. The molecule has 8 heteroatoms. The summed E-state index contributed by atoms with van der Waals surface area (Å²) >= 11 is 12.2. The standard InChI is InChI=1S/C26H22Cl2N2O3S/c27-22-12-14-23(15-13-22)34(32,33)30(17-21-7-2-4-11-25(21)28)18-26(31)29-16-20-9-5-8-19-6-1-3-10-24(19)20/h1-15H,16-18H2,(H,29,31). The van der Waals surface area contributed by atoms with E-state index < -0.39 is 15.9 Å². The summed E-state index contributed by atoms with van der Waals surface area (Å²) in [5, 5.41) is 5.81. The van der Waals surface area contributed by atoms with E-state index in [2.05, 4.69) is 5.32 Å². The highest BCUT2D eigenvalue weighted by Crippen LogP contribution is 2.24. The van der Waals surface area contributed by atoms with E-state index in [1.807, 2.05) is 42.5 Å². The average Bonchev–Trinajstić information content (AvgIpc) is 2.84. The number of fused-ring (bicyclic) bond motifs is 1. The van der Waals surface area contributed by atoms with Gasteiger partial charge in [0.15, 0.2) is 0 Å². The molecule has 34 heavy (non-hydrogen) atoms. The number of halogens is 2. The lowest BCUT2D eigenvalue weighted by molar-refractivity contribution is -0.121. The molecule has 4 aromatic carbocycles. The van der Waals surface area contributed by atoms with Gasteiger partial charge in [0.1, 0.15) is 0 Å². The molecule has 0 atom stereocenters. The van der Waals surface area contributed by atoms with Crippen LogP contribution in [0.1, 0.15) is 11.1 Å². The molecule has 0 aliphatic rings. The maximum atomic E-state index is 13.4. The van der Waals surface area contributed by atoms with Crippen molar-refractivity contribution >= 4 is 49.9 Å². The van der Waals surface area contributed by atoms with Crippen molar-refractivity contribution in [3.05, 3.63) is 112 Å². The summed E-state index contributed by atoms with van der Waals surface area (Å²) in [6, 6.07) is 26.6. The summed E-state index contributed by atoms with van der Waals surface area (Å²) in [7, 11) is -3.99. The molecule has 0 heterocycles. The number of nitrogens with zero attached hydrogens (tertiary/aromatic N) is 1. The number of sulfonamides is 1. The number of carbonyl (C=O) groups is 1. The zero-order valence-corrected chi connectivity index (χ0v) is 20.4. The second-order valence-electron chi connectivity index (χ2n) is 7.73. The Morgan fingerprint density at radius 1 is 0.794 bits per heavy atom. The van der Waals surface area contributed by atoms with E-state index in [-0.39, 0.29) is 24.5 Å². The van der Waals surface area contributed by atoms with E-state index in [1.54, 1.807) is 24.3 Å². The smallest absolute Gasteiger partial charge is 0.243 e. The molecule has 0 aromatic heterocycles. The van der Waals surface area contributed by atoms with E-state index in [0.717, 1.165) is 20.6 Å². The molecule has 4 aromatic rings. The Morgan fingerprint density at radius 2 is 1.44 bits per heavy atom. The number of benzene rings is 4. The van der Waals surface area contributed by atoms with Gasteiger partial charge in [-0.05, 0) is 52.2 Å². The maximum Gasteiger partial charge on any atom is 0.243 e. The molecule has 0 spiro atoms. The lowest BCUT2D eigenvalue weighted by Crippen LogP contribution is -2.40. The first-order chi connectivity index (χ1) is 16.3. The fourth-order valence-corrected chi connectivity index (χ4v) is 5.35. The first kappa shape index (κ1) is 24.2. The molecule has 1 N–H and O–H groups in total. The van der Waals surface area contributed by atoms with Crippen molar-refractivity contribution in [2.24, 2.45) is 0 Å². The lowest BCUT2D eigenvalue weighted by Gasteiger charge is -2.22. The Labute approximate surface area is 209 Å². The van der Waals surface area contributed by atoms with Crippen LogP contribution in [0.2, 0.25) is 10.0 Å². The Kier molecular flexibility index (Phi) is 7.54. The Bertz CT molecular complexity index is 1420. The van der Waals surface area contributed by atoms with Crippen molar-refractivity contribution in [3.8, 4) is 0 Å². The Balaban J connectivity index is 1.56. The van der Waals surface area contributed by atoms with Crippen molar-refractivity contribution in [3.63, 3.8) is 0 Å². The van der Waals surface area contributed by atoms with Gasteiger partial charge in [-0.15, -0.1) is 0 Å². The third kappa shape index (κ3) is 5.59. The summed E-state index contributed by atoms with van der Waals surface area (Å²) in [5.74, 6) is -0.419. The van der Waals surface area contributed by atoms with Crippen molar-refractivity contribution in [1.29, 1.82) is 0 Å². The molecule has 174 valence electrons. The number of rotatable bonds is 8. The predicted molar refractivity (Wildman–Crippen MR) is 136 cm³/mol. The minimum Gasteiger partial charge on any atom is -0.351 e. The van der Waals surface area contributed by atoms with Crippen molar-refractivity contribution in [1.82, 2.24) is 9.62 Å². The van der Waals surface area contributed by atoms with Gasteiger partial charge >= 0.3 is 0 Å². The molecule has 0 bridgehead atoms. The van der Waals surface area contributed by atoms with Crippen LogP contribution in [-0.4, -0.2) is 25.2 Å². The summed E-state index contributed by atoms with van der Waals surface area (Å²) in [4.78, 5) is 12.9. The first-order valence-electron chi connectivity index (χ1n) is 10.6. The largest absolute Gasteiger partial charge is 0.351 e. The van der Waals surface area contributed by atoms with E-state index >= 15 is 0 Å². The second kappa shape index (κ2) is 10.6. The molecule has 0 aliphatic heterocycles. The summed E-state index contributed by atoms with van der Waals surface area (Å²) < 4.78 is 27.9. The highest BCUT2D eigenvalue weighted by molar-refractivity contribution is 7.89. The molecule has 0 aliphatic carbocycles. The molecule has 4 rings (SSSR count). The van der Waals surface area contributed by atoms with Crippen LogP contribution in [0.25, 0.3) is 10.8 Å². The Hall–Kier alpha value is -2.90. The van der Waals surface area contributed by atoms with E-state index in [1.165, 1.54) is 24.3 Å². The summed E-state index contributed by atoms with van der Waals surface area (Å²) in [6.07, 6.45) is 0. The summed E-state index contributed by atoms with van der Waals surface area (Å²) in [6.45, 7) is -0.131. The molecule has 0 fully saturated rings. The normalized spacial score (nSPS) is 11.6. The van der Waals surface area contributed by atoms with Gasteiger partial charge in [0, 0.05) is 23.1 Å². The van der Waals surface area contributed by atoms with Crippen molar-refractivity contribution in [2.45, 2.75) is 18.0 Å². The first-order valence-corrected chi connectivity index (χ1v) is 12.8. The molecular formula is C26H22Cl2N2O3S. The lowest BCUT2D eigenvalue weighted by atomic mass is 10.0. The molecule has 0 unspecified atom stereocenters. The van der Waals surface area contributed by atoms with Crippen LogP contribution in [0, 0.1) is 0 Å². The number of hydrogen-bond acceptors (Lipinski definition) is 3.